The van der Waals surface area contributed by atoms with Crippen molar-refractivity contribution in [2.75, 3.05) is 31.2 Å². The Hall–Kier alpha value is -1.92. The van der Waals surface area contributed by atoms with E-state index in [1.807, 2.05) is 17.9 Å². The third-order valence-electron chi connectivity index (χ3n) is 4.70. The highest BCUT2D eigenvalue weighted by Crippen LogP contribution is 2.32. The number of carbonyl (C=O) groups excluding carboxylic acids is 1. The molecule has 1 saturated heterocycles. The zero-order valence-corrected chi connectivity index (χ0v) is 14.6. The minimum atomic E-state index is -0.00194. The first-order valence-corrected chi connectivity index (χ1v) is 9.27. The average Bonchev–Trinajstić information content (AvgIpc) is 3.32. The van der Waals surface area contributed by atoms with Gasteiger partial charge in [0, 0.05) is 42.2 Å². The molecule has 1 aromatic carbocycles. The number of nitrogens with one attached hydrogen (secondary N) is 1. The molecule has 126 valence electrons. The zero-order chi connectivity index (χ0) is 16.5. The summed E-state index contributed by atoms with van der Waals surface area (Å²) in [5.74, 6) is 0.450. The van der Waals surface area contributed by atoms with Gasteiger partial charge in [-0.25, -0.2) is 9.78 Å². The Balaban J connectivity index is 1.46. The molecule has 0 aliphatic carbocycles. The van der Waals surface area contributed by atoms with Crippen LogP contribution in [0.15, 0.2) is 23.6 Å². The smallest absolute Gasteiger partial charge is 0.321 e. The van der Waals surface area contributed by atoms with E-state index >= 15 is 0 Å². The van der Waals surface area contributed by atoms with Gasteiger partial charge in [-0.3, -0.25) is 4.90 Å². The molecule has 0 bridgehead atoms. The molecule has 1 atom stereocenters. The third-order valence-corrected chi connectivity index (χ3v) is 5.47. The standard InChI is InChI=1S/C18H21N3O2S/c1-12-20-16(11-24-12)14-2-3-17-15(8-14)4-6-21(17)18(22)19-9-13-5-7-23-10-13/h2-3,8,11,13H,4-7,9-10H2,1H3,(H,19,22)/t13-/m0/s1. The summed E-state index contributed by atoms with van der Waals surface area (Å²) in [7, 11) is 0. The Morgan fingerprint density at radius 2 is 2.42 bits per heavy atom. The first-order chi connectivity index (χ1) is 11.7. The normalized spacial score (nSPS) is 19.5. The fraction of sp³-hybridized carbons (Fsp3) is 0.444. The van der Waals surface area contributed by atoms with Gasteiger partial charge in [0.05, 0.1) is 17.3 Å². The number of thiazole rings is 1. The molecule has 0 radical (unpaired) electrons. The SMILES string of the molecule is Cc1nc(-c2ccc3c(c2)CCN3C(=O)NC[C@@H]2CCOC2)cs1. The summed E-state index contributed by atoms with van der Waals surface area (Å²) in [5, 5.41) is 6.21. The lowest BCUT2D eigenvalue weighted by atomic mass is 10.1. The molecular formula is C18H21N3O2S. The molecule has 6 heteroatoms. The quantitative estimate of drug-likeness (QED) is 0.931. The lowest BCUT2D eigenvalue weighted by Crippen LogP contribution is -2.41. The summed E-state index contributed by atoms with van der Waals surface area (Å²) in [5.41, 5.74) is 4.39. The Morgan fingerprint density at radius 1 is 1.50 bits per heavy atom. The highest BCUT2D eigenvalue weighted by Gasteiger charge is 2.26. The number of nitrogens with zero attached hydrogens (tertiary/aromatic N) is 2. The molecule has 1 N–H and O–H groups in total. The van der Waals surface area contributed by atoms with Crippen molar-refractivity contribution in [3.05, 3.63) is 34.2 Å². The molecule has 0 spiro atoms. The Kier molecular flexibility index (Phi) is 4.24. The third kappa shape index (κ3) is 3.03. The van der Waals surface area contributed by atoms with Gasteiger partial charge < -0.3 is 10.1 Å². The lowest BCUT2D eigenvalue weighted by molar-refractivity contribution is 0.185. The van der Waals surface area contributed by atoms with Crippen molar-refractivity contribution in [2.24, 2.45) is 5.92 Å². The molecule has 0 saturated carbocycles. The molecule has 1 aromatic heterocycles. The van der Waals surface area contributed by atoms with Gasteiger partial charge in [-0.15, -0.1) is 11.3 Å². The predicted molar refractivity (Wildman–Crippen MR) is 95.7 cm³/mol. The van der Waals surface area contributed by atoms with Crippen LogP contribution in [-0.2, 0) is 11.2 Å². The second kappa shape index (κ2) is 6.53. The number of hydrogen-bond acceptors (Lipinski definition) is 4. The maximum atomic E-state index is 12.5. The van der Waals surface area contributed by atoms with Crippen molar-refractivity contribution in [3.8, 4) is 11.3 Å². The van der Waals surface area contributed by atoms with Crippen LogP contribution in [0.25, 0.3) is 11.3 Å². The molecule has 1 fully saturated rings. The van der Waals surface area contributed by atoms with Gasteiger partial charge in [-0.1, -0.05) is 6.07 Å². The van der Waals surface area contributed by atoms with E-state index in [1.54, 1.807) is 11.3 Å². The first kappa shape index (κ1) is 15.6. The molecule has 3 heterocycles. The number of hydrogen-bond donors (Lipinski definition) is 1. The summed E-state index contributed by atoms with van der Waals surface area (Å²) in [6, 6.07) is 6.27. The van der Waals surface area contributed by atoms with Crippen molar-refractivity contribution >= 4 is 23.1 Å². The van der Waals surface area contributed by atoms with Gasteiger partial charge in [-0.05, 0) is 37.5 Å². The molecule has 2 amide bonds. The number of benzene rings is 1. The van der Waals surface area contributed by atoms with Crippen LogP contribution >= 0.6 is 11.3 Å². The van der Waals surface area contributed by atoms with Crippen LogP contribution in [0.5, 0.6) is 0 Å². The van der Waals surface area contributed by atoms with Gasteiger partial charge in [-0.2, -0.15) is 0 Å². The minimum Gasteiger partial charge on any atom is -0.381 e. The number of fused-ring (bicyclic) bond motifs is 1. The lowest BCUT2D eigenvalue weighted by Gasteiger charge is -2.19. The number of aromatic nitrogens is 1. The number of ether oxygens (including phenoxy) is 1. The highest BCUT2D eigenvalue weighted by molar-refractivity contribution is 7.09. The van der Waals surface area contributed by atoms with Crippen molar-refractivity contribution < 1.29 is 9.53 Å². The highest BCUT2D eigenvalue weighted by atomic mass is 32.1. The Bertz CT molecular complexity index is 752. The van der Waals surface area contributed by atoms with Crippen molar-refractivity contribution in [1.29, 1.82) is 0 Å². The topological polar surface area (TPSA) is 54.5 Å². The molecular weight excluding hydrogens is 322 g/mol. The van der Waals surface area contributed by atoms with Crippen molar-refractivity contribution in [1.82, 2.24) is 10.3 Å². The second-order valence-corrected chi connectivity index (χ2v) is 7.47. The van der Waals surface area contributed by atoms with Crippen molar-refractivity contribution in [2.45, 2.75) is 19.8 Å². The summed E-state index contributed by atoms with van der Waals surface area (Å²) in [4.78, 5) is 18.9. The second-order valence-electron chi connectivity index (χ2n) is 6.41. The molecule has 2 aliphatic heterocycles. The summed E-state index contributed by atoms with van der Waals surface area (Å²) >= 11 is 1.66. The van der Waals surface area contributed by atoms with Gasteiger partial charge in [0.2, 0.25) is 0 Å². The Morgan fingerprint density at radius 3 is 3.17 bits per heavy atom. The van der Waals surface area contributed by atoms with Crippen LogP contribution in [0.3, 0.4) is 0 Å². The van der Waals surface area contributed by atoms with E-state index in [1.165, 1.54) is 5.56 Å². The number of urea groups is 1. The monoisotopic (exact) mass is 343 g/mol. The van der Waals surface area contributed by atoms with Crippen molar-refractivity contribution in [3.63, 3.8) is 0 Å². The van der Waals surface area contributed by atoms with Crippen LogP contribution in [0.1, 0.15) is 17.0 Å². The zero-order valence-electron chi connectivity index (χ0n) is 13.7. The predicted octanol–water partition coefficient (Wildman–Crippen LogP) is 3.23. The van der Waals surface area contributed by atoms with E-state index < -0.39 is 0 Å². The van der Waals surface area contributed by atoms with E-state index in [-0.39, 0.29) is 6.03 Å². The van der Waals surface area contributed by atoms with E-state index in [0.29, 0.717) is 12.5 Å². The summed E-state index contributed by atoms with van der Waals surface area (Å²) in [6.07, 6.45) is 1.93. The molecule has 5 nitrogen and oxygen atoms in total. The van der Waals surface area contributed by atoms with Gasteiger partial charge >= 0.3 is 6.03 Å². The average molecular weight is 343 g/mol. The largest absolute Gasteiger partial charge is 0.381 e. The number of aryl methyl sites for hydroxylation is 1. The van der Waals surface area contributed by atoms with E-state index in [4.69, 9.17) is 4.74 Å². The van der Waals surface area contributed by atoms with E-state index in [0.717, 1.165) is 54.6 Å². The fourth-order valence-electron chi connectivity index (χ4n) is 3.34. The summed E-state index contributed by atoms with van der Waals surface area (Å²) in [6.45, 7) is 5.02. The molecule has 0 unspecified atom stereocenters. The maximum Gasteiger partial charge on any atom is 0.321 e. The first-order valence-electron chi connectivity index (χ1n) is 8.39. The van der Waals surface area contributed by atoms with Gasteiger partial charge in [0.15, 0.2) is 0 Å². The number of carbonyl (C=O) groups is 1. The van der Waals surface area contributed by atoms with Crippen LogP contribution in [0, 0.1) is 12.8 Å². The fourth-order valence-corrected chi connectivity index (χ4v) is 3.96. The Labute approximate surface area is 145 Å². The molecule has 2 aliphatic rings. The number of rotatable bonds is 3. The minimum absolute atomic E-state index is 0.00194. The molecule has 24 heavy (non-hydrogen) atoms. The van der Waals surface area contributed by atoms with Crippen LogP contribution < -0.4 is 10.2 Å². The van der Waals surface area contributed by atoms with E-state index in [2.05, 4.69) is 27.8 Å². The number of amides is 2. The number of anilines is 1. The molecule has 4 rings (SSSR count). The van der Waals surface area contributed by atoms with Gasteiger partial charge in [0.1, 0.15) is 0 Å². The summed E-state index contributed by atoms with van der Waals surface area (Å²) < 4.78 is 5.36. The van der Waals surface area contributed by atoms with Gasteiger partial charge in [0.25, 0.3) is 0 Å². The molecule has 2 aromatic rings. The maximum absolute atomic E-state index is 12.5. The van der Waals surface area contributed by atoms with E-state index in [9.17, 15) is 4.79 Å². The van der Waals surface area contributed by atoms with Crippen LogP contribution in [0.4, 0.5) is 10.5 Å². The van der Waals surface area contributed by atoms with Crippen LogP contribution in [-0.4, -0.2) is 37.3 Å². The van der Waals surface area contributed by atoms with Crippen LogP contribution in [0.2, 0.25) is 0 Å².